The van der Waals surface area contributed by atoms with Gasteiger partial charge in [0.2, 0.25) is 0 Å². The quantitative estimate of drug-likeness (QED) is 0.781. The number of hydrogen-bond acceptors (Lipinski definition) is 4. The topological polar surface area (TPSA) is 30.5 Å². The van der Waals surface area contributed by atoms with Gasteiger partial charge in [-0.1, -0.05) is 71.0 Å². The maximum absolute atomic E-state index is 3.60. The Kier molecular flexibility index (Phi) is 3.26. The summed E-state index contributed by atoms with van der Waals surface area (Å²) < 4.78 is 0. The number of rotatable bonds is 3. The summed E-state index contributed by atoms with van der Waals surface area (Å²) in [6.45, 7) is 4.28. The second kappa shape index (κ2) is 5.60. The van der Waals surface area contributed by atoms with Gasteiger partial charge in [-0.15, -0.1) is 0 Å². The van der Waals surface area contributed by atoms with Gasteiger partial charge in [0.05, 0.1) is 5.79 Å². The highest BCUT2D eigenvalue weighted by Crippen LogP contribution is 2.32. The van der Waals surface area contributed by atoms with Crippen LogP contribution in [0.3, 0.4) is 0 Å². The van der Waals surface area contributed by atoms with Crippen LogP contribution in [0.25, 0.3) is 0 Å². The second-order valence-corrected chi connectivity index (χ2v) is 8.96. The van der Waals surface area contributed by atoms with Crippen molar-refractivity contribution in [2.45, 2.75) is 5.79 Å². The molecule has 0 aliphatic carbocycles. The van der Waals surface area contributed by atoms with E-state index in [1.165, 1.54) is 22.0 Å². The highest BCUT2D eigenvalue weighted by atomic mass is 28.3. The first-order chi connectivity index (χ1) is 11.9. The summed E-state index contributed by atoms with van der Waals surface area (Å²) >= 11 is 0. The van der Waals surface area contributed by atoms with E-state index in [1.807, 2.05) is 0 Å². The highest BCUT2D eigenvalue weighted by molar-refractivity contribution is 6.86. The van der Waals surface area contributed by atoms with Gasteiger partial charge in [0, 0.05) is 26.2 Å². The van der Waals surface area contributed by atoms with Crippen LogP contribution in [-0.4, -0.2) is 50.6 Å². The van der Waals surface area contributed by atoms with E-state index in [0.29, 0.717) is 5.79 Å². The van der Waals surface area contributed by atoms with E-state index in [1.54, 1.807) is 0 Å². The van der Waals surface area contributed by atoms with Gasteiger partial charge in [-0.25, -0.2) is 0 Å². The molecule has 2 N–H and O–H groups in total. The maximum atomic E-state index is 3.60. The summed E-state index contributed by atoms with van der Waals surface area (Å²) in [4.78, 5) is 5.19. The molecule has 2 aromatic carbocycles. The van der Waals surface area contributed by atoms with Crippen molar-refractivity contribution in [3.05, 3.63) is 72.3 Å². The highest BCUT2D eigenvalue weighted by Gasteiger charge is 2.47. The van der Waals surface area contributed by atoms with E-state index in [2.05, 4.69) is 81.1 Å². The van der Waals surface area contributed by atoms with Crippen molar-refractivity contribution in [2.75, 3.05) is 26.2 Å². The third-order valence-corrected chi connectivity index (χ3v) is 8.16. The van der Waals surface area contributed by atoms with Crippen molar-refractivity contribution in [3.8, 4) is 0 Å². The van der Waals surface area contributed by atoms with Gasteiger partial charge in [0.25, 0.3) is 0 Å². The first kappa shape index (κ1) is 14.0. The standard InChI is InChI=1S/C19H21N4Si/c1-3-7-15(8-4-1)24(16-9-5-2-6-10-16)19-22-13-11-20-17(22)18-21-12-14-23(18)19/h1-10,19-21H,11-14H2. The minimum Gasteiger partial charge on any atom is -0.367 e. The van der Waals surface area contributed by atoms with E-state index in [4.69, 9.17) is 0 Å². The number of fused-ring (bicyclic) bond motifs is 2. The Hall–Kier alpha value is -2.40. The molecule has 5 heteroatoms. The molecule has 4 nitrogen and oxygen atoms in total. The zero-order valence-electron chi connectivity index (χ0n) is 13.6. The van der Waals surface area contributed by atoms with Crippen molar-refractivity contribution >= 4 is 19.2 Å². The molecule has 2 aromatic rings. The van der Waals surface area contributed by atoms with Gasteiger partial charge in [0.15, 0.2) is 8.80 Å². The van der Waals surface area contributed by atoms with Crippen LogP contribution < -0.4 is 21.0 Å². The molecule has 3 aliphatic heterocycles. The molecule has 0 aromatic heterocycles. The zero-order chi connectivity index (χ0) is 15.9. The first-order valence-corrected chi connectivity index (χ1v) is 10.2. The fourth-order valence-corrected chi connectivity index (χ4v) is 7.30. The van der Waals surface area contributed by atoms with E-state index < -0.39 is 8.80 Å². The SMILES string of the molecule is c1ccc([Si](c2ccccc2)C2N3CCNC3=C3NCCN32)cc1. The predicted octanol–water partition coefficient (Wildman–Crippen LogP) is 0.112. The van der Waals surface area contributed by atoms with Crippen molar-refractivity contribution < 1.29 is 0 Å². The molecule has 121 valence electrons. The first-order valence-electron chi connectivity index (χ1n) is 8.66. The van der Waals surface area contributed by atoms with Crippen LogP contribution in [0.2, 0.25) is 0 Å². The van der Waals surface area contributed by atoms with Crippen LogP contribution in [0.4, 0.5) is 0 Å². The van der Waals surface area contributed by atoms with Crippen molar-refractivity contribution in [2.24, 2.45) is 0 Å². The van der Waals surface area contributed by atoms with Crippen molar-refractivity contribution in [1.82, 2.24) is 20.4 Å². The van der Waals surface area contributed by atoms with Crippen LogP contribution >= 0.6 is 0 Å². The number of hydrogen-bond donors (Lipinski definition) is 2. The summed E-state index contributed by atoms with van der Waals surface area (Å²) in [6.07, 6.45) is 0. The summed E-state index contributed by atoms with van der Waals surface area (Å²) in [5.74, 6) is 3.06. The molecule has 3 heterocycles. The van der Waals surface area contributed by atoms with Gasteiger partial charge in [-0.05, 0) is 0 Å². The van der Waals surface area contributed by atoms with Crippen LogP contribution in [0, 0.1) is 0 Å². The fraction of sp³-hybridized carbons (Fsp3) is 0.263. The lowest BCUT2D eigenvalue weighted by molar-refractivity contribution is 0.239. The summed E-state index contributed by atoms with van der Waals surface area (Å²) in [7, 11) is -0.953. The third-order valence-electron chi connectivity index (χ3n) is 5.11. The Balaban J connectivity index is 1.63. The average Bonchev–Trinajstić information content (AvgIpc) is 3.33. The van der Waals surface area contributed by atoms with Crippen LogP contribution in [-0.2, 0) is 0 Å². The molecule has 1 radical (unpaired) electrons. The van der Waals surface area contributed by atoms with Crippen LogP contribution in [0.1, 0.15) is 0 Å². The Labute approximate surface area is 144 Å². The Morgan fingerprint density at radius 1 is 0.708 bits per heavy atom. The smallest absolute Gasteiger partial charge is 0.173 e. The molecule has 0 atom stereocenters. The molecule has 3 aliphatic rings. The van der Waals surface area contributed by atoms with Crippen LogP contribution in [0.5, 0.6) is 0 Å². The van der Waals surface area contributed by atoms with Gasteiger partial charge in [-0.2, -0.15) is 0 Å². The summed E-state index contributed by atoms with van der Waals surface area (Å²) in [5.41, 5.74) is 0. The van der Waals surface area contributed by atoms with Crippen molar-refractivity contribution in [3.63, 3.8) is 0 Å². The van der Waals surface area contributed by atoms with Gasteiger partial charge in [-0.3, -0.25) is 0 Å². The lowest BCUT2D eigenvalue weighted by Crippen LogP contribution is -2.61. The molecular weight excluding hydrogens is 312 g/mol. The largest absolute Gasteiger partial charge is 0.367 e. The summed E-state index contributed by atoms with van der Waals surface area (Å²) in [6, 6.07) is 22.2. The molecule has 0 spiro atoms. The molecule has 0 saturated carbocycles. The molecule has 0 bridgehead atoms. The molecular formula is C19H21N4Si. The lowest BCUT2D eigenvalue weighted by Gasteiger charge is -2.35. The number of nitrogens with one attached hydrogen (secondary N) is 2. The molecule has 0 amide bonds. The van der Waals surface area contributed by atoms with Gasteiger partial charge >= 0.3 is 0 Å². The van der Waals surface area contributed by atoms with E-state index in [-0.39, 0.29) is 0 Å². The molecule has 5 rings (SSSR count). The monoisotopic (exact) mass is 333 g/mol. The lowest BCUT2D eigenvalue weighted by atomic mass is 10.4. The minimum atomic E-state index is -0.953. The number of nitrogens with zero attached hydrogens (tertiary/aromatic N) is 2. The van der Waals surface area contributed by atoms with Gasteiger partial charge < -0.3 is 20.4 Å². The maximum Gasteiger partial charge on any atom is 0.173 e. The van der Waals surface area contributed by atoms with E-state index >= 15 is 0 Å². The zero-order valence-corrected chi connectivity index (χ0v) is 14.6. The molecule has 0 unspecified atom stereocenters. The molecule has 2 saturated heterocycles. The second-order valence-electron chi connectivity index (χ2n) is 6.46. The molecule has 2 fully saturated rings. The van der Waals surface area contributed by atoms with E-state index in [9.17, 15) is 0 Å². The Morgan fingerprint density at radius 2 is 1.17 bits per heavy atom. The summed E-state index contributed by atoms with van der Waals surface area (Å²) in [5, 5.41) is 10.2. The average molecular weight is 333 g/mol. The Morgan fingerprint density at radius 3 is 1.62 bits per heavy atom. The number of benzene rings is 2. The third kappa shape index (κ3) is 2.04. The predicted molar refractivity (Wildman–Crippen MR) is 98.1 cm³/mol. The Bertz CT molecular complexity index is 698. The van der Waals surface area contributed by atoms with E-state index in [0.717, 1.165) is 26.2 Å². The van der Waals surface area contributed by atoms with Gasteiger partial charge in [0.1, 0.15) is 11.6 Å². The molecule has 24 heavy (non-hydrogen) atoms. The van der Waals surface area contributed by atoms with Crippen LogP contribution in [0.15, 0.2) is 72.3 Å². The fourth-order valence-electron chi connectivity index (χ4n) is 4.13. The minimum absolute atomic E-state index is 0.440. The van der Waals surface area contributed by atoms with Crippen molar-refractivity contribution in [1.29, 1.82) is 0 Å². The normalized spacial score (nSPS) is 19.5.